The first kappa shape index (κ1) is 19.5. The highest BCUT2D eigenvalue weighted by Crippen LogP contribution is 2.40. The molecule has 2 rings (SSSR count). The Bertz CT molecular complexity index is 926. The minimum atomic E-state index is -0.827. The Morgan fingerprint density at radius 3 is 2.72 bits per heavy atom. The van der Waals surface area contributed by atoms with Crippen molar-refractivity contribution in [3.63, 3.8) is 0 Å². The molecule has 0 aliphatic heterocycles. The molecular weight excluding hydrogens is 484 g/mol. The van der Waals surface area contributed by atoms with Gasteiger partial charge in [0.1, 0.15) is 11.4 Å². The summed E-state index contributed by atoms with van der Waals surface area (Å²) in [5.74, 6) is 1.18. The largest absolute Gasteiger partial charge is 0.465 e. The van der Waals surface area contributed by atoms with Crippen molar-refractivity contribution in [3.8, 4) is 22.3 Å². The van der Waals surface area contributed by atoms with Crippen LogP contribution in [-0.4, -0.2) is 18.0 Å². The highest BCUT2D eigenvalue weighted by atomic mass is 127. The number of hydrogen-bond acceptors (Lipinski definition) is 5. The second-order valence-electron chi connectivity index (χ2n) is 4.57. The van der Waals surface area contributed by atoms with E-state index in [2.05, 4.69) is 15.9 Å². The second-order valence-corrected chi connectivity index (χ2v) is 6.65. The van der Waals surface area contributed by atoms with Crippen LogP contribution in [0.3, 0.4) is 0 Å². The van der Waals surface area contributed by atoms with Crippen LogP contribution in [0.1, 0.15) is 15.9 Å². The van der Waals surface area contributed by atoms with Crippen molar-refractivity contribution in [3.05, 3.63) is 62.4 Å². The second kappa shape index (κ2) is 8.51. The minimum absolute atomic E-state index is 0.0530. The summed E-state index contributed by atoms with van der Waals surface area (Å²) in [5, 5.41) is 14.3. The predicted molar refractivity (Wildman–Crippen MR) is 103 cm³/mol. The van der Waals surface area contributed by atoms with Crippen LogP contribution in [0.15, 0.2) is 30.3 Å². The maximum absolute atomic E-state index is 13.6. The highest BCUT2D eigenvalue weighted by molar-refractivity contribution is 14.2. The molecule has 25 heavy (non-hydrogen) atoms. The lowest BCUT2D eigenvalue weighted by Crippen LogP contribution is -2.08. The average molecular weight is 492 g/mol. The summed E-state index contributed by atoms with van der Waals surface area (Å²) in [6.45, 7) is 0. The molecule has 0 saturated heterocycles. The zero-order valence-electron chi connectivity index (χ0n) is 12.5. The van der Waals surface area contributed by atoms with E-state index in [0.717, 1.165) is 22.1 Å². The van der Waals surface area contributed by atoms with Crippen LogP contribution >= 0.6 is 41.7 Å². The number of halogens is 3. The summed E-state index contributed by atoms with van der Waals surface area (Å²) in [6.07, 6.45) is 0. The Hall–Kier alpha value is -1.83. The third-order valence-corrected chi connectivity index (χ3v) is 4.31. The summed E-state index contributed by atoms with van der Waals surface area (Å²) in [4.78, 5) is 23.1. The predicted octanol–water partition coefficient (Wildman–Crippen LogP) is 5.23. The molecule has 0 aromatic heterocycles. The van der Waals surface area contributed by atoms with E-state index < -0.39 is 22.4 Å². The molecule has 5 nitrogen and oxygen atoms in total. The van der Waals surface area contributed by atoms with Gasteiger partial charge in [-0.25, -0.2) is 9.18 Å². The van der Waals surface area contributed by atoms with E-state index in [0.29, 0.717) is 0 Å². The quantitative estimate of drug-likeness (QED) is 0.193. The van der Waals surface area contributed by atoms with Gasteiger partial charge in [0, 0.05) is 21.2 Å². The van der Waals surface area contributed by atoms with Gasteiger partial charge in [-0.1, -0.05) is 23.7 Å². The average Bonchev–Trinajstić information content (AvgIpc) is 2.58. The molecule has 0 saturated carbocycles. The lowest BCUT2D eigenvalue weighted by atomic mass is 9.94. The van der Waals surface area contributed by atoms with Crippen LogP contribution in [-0.2, 0) is 4.74 Å². The van der Waals surface area contributed by atoms with Crippen molar-refractivity contribution in [2.45, 2.75) is 0 Å². The molecule has 0 bridgehead atoms. The Kier molecular flexibility index (Phi) is 6.64. The fourth-order valence-electron chi connectivity index (χ4n) is 2.22. The standard InChI is InChI=1S/C16H8ClFINO4S/c1-24-16(21)12-8-13(17)11(5-6-25-19)15(20(22)23)14(12)9-3-2-4-10(18)7-9/h2-4,7-8H,1H3. The van der Waals surface area contributed by atoms with Crippen LogP contribution in [0.2, 0.25) is 5.02 Å². The van der Waals surface area contributed by atoms with E-state index in [1.165, 1.54) is 24.3 Å². The van der Waals surface area contributed by atoms with Gasteiger partial charge in [0.2, 0.25) is 0 Å². The Labute approximate surface area is 163 Å². The molecule has 0 aliphatic carbocycles. The molecule has 0 aliphatic rings. The number of hydrogen-bond donors (Lipinski definition) is 0. The van der Waals surface area contributed by atoms with Crippen molar-refractivity contribution in [2.24, 2.45) is 0 Å². The van der Waals surface area contributed by atoms with Gasteiger partial charge in [-0.2, -0.15) is 0 Å². The van der Waals surface area contributed by atoms with Gasteiger partial charge in [0.15, 0.2) is 0 Å². The van der Waals surface area contributed by atoms with E-state index in [1.807, 2.05) is 21.2 Å². The molecular formula is C16H8ClFINO4S. The number of benzene rings is 2. The lowest BCUT2D eigenvalue weighted by molar-refractivity contribution is -0.384. The van der Waals surface area contributed by atoms with Gasteiger partial charge in [-0.05, 0) is 43.9 Å². The molecule has 0 atom stereocenters. The molecule has 0 N–H and O–H groups in total. The van der Waals surface area contributed by atoms with Crippen LogP contribution in [0.5, 0.6) is 0 Å². The monoisotopic (exact) mass is 491 g/mol. The number of nitro groups is 1. The Morgan fingerprint density at radius 2 is 2.16 bits per heavy atom. The van der Waals surface area contributed by atoms with Crippen molar-refractivity contribution in [1.29, 1.82) is 0 Å². The Morgan fingerprint density at radius 1 is 1.44 bits per heavy atom. The van der Waals surface area contributed by atoms with E-state index in [9.17, 15) is 19.3 Å². The van der Waals surface area contributed by atoms with Gasteiger partial charge in [-0.3, -0.25) is 10.1 Å². The number of nitrogens with zero attached hydrogens (tertiary/aromatic N) is 1. The maximum atomic E-state index is 13.6. The van der Waals surface area contributed by atoms with E-state index in [4.69, 9.17) is 11.6 Å². The van der Waals surface area contributed by atoms with E-state index >= 15 is 0 Å². The SMILES string of the molecule is COC(=O)c1cc(Cl)c(C#CSI)c([N+](=O)[O-])c1-c1cccc(F)c1. The van der Waals surface area contributed by atoms with Gasteiger partial charge in [-0.15, -0.1) is 0 Å². The molecule has 0 heterocycles. The topological polar surface area (TPSA) is 69.4 Å². The number of carbonyl (C=O) groups excluding carboxylic acids is 1. The van der Waals surface area contributed by atoms with Crippen molar-refractivity contribution in [2.75, 3.05) is 7.11 Å². The number of carbonyl (C=O) groups is 1. The highest BCUT2D eigenvalue weighted by Gasteiger charge is 2.30. The normalized spacial score (nSPS) is 9.92. The summed E-state index contributed by atoms with van der Waals surface area (Å²) in [6, 6.07) is 6.36. The van der Waals surface area contributed by atoms with E-state index in [-0.39, 0.29) is 27.3 Å². The maximum Gasteiger partial charge on any atom is 0.338 e. The van der Waals surface area contributed by atoms with Crippen LogP contribution in [0, 0.1) is 27.1 Å². The number of esters is 1. The van der Waals surface area contributed by atoms with Crippen molar-refractivity contribution in [1.82, 2.24) is 0 Å². The van der Waals surface area contributed by atoms with Crippen molar-refractivity contribution >= 4 is 53.4 Å². The number of rotatable bonds is 3. The number of ether oxygens (including phenoxy) is 1. The molecule has 9 heteroatoms. The molecule has 0 unspecified atom stereocenters. The Balaban J connectivity index is 2.98. The van der Waals surface area contributed by atoms with Gasteiger partial charge < -0.3 is 4.74 Å². The fourth-order valence-corrected chi connectivity index (χ4v) is 2.93. The zero-order chi connectivity index (χ0) is 18.6. The third kappa shape index (κ3) is 4.23. The first-order chi connectivity index (χ1) is 11.9. The fraction of sp³-hybridized carbons (Fsp3) is 0.0625. The first-order valence-corrected chi connectivity index (χ1v) is 10.3. The minimum Gasteiger partial charge on any atom is -0.465 e. The summed E-state index contributed by atoms with van der Waals surface area (Å²) in [5.41, 5.74) is -0.617. The number of nitro benzene ring substituents is 1. The summed E-state index contributed by atoms with van der Waals surface area (Å²) in [7, 11) is 2.26. The van der Waals surface area contributed by atoms with Crippen LogP contribution in [0.4, 0.5) is 10.1 Å². The van der Waals surface area contributed by atoms with E-state index in [1.54, 1.807) is 0 Å². The smallest absolute Gasteiger partial charge is 0.338 e. The van der Waals surface area contributed by atoms with Gasteiger partial charge >= 0.3 is 5.97 Å². The molecule has 0 fully saturated rings. The zero-order valence-corrected chi connectivity index (χ0v) is 16.2. The number of methoxy groups -OCH3 is 1. The lowest BCUT2D eigenvalue weighted by Gasteiger charge is -2.12. The molecule has 0 radical (unpaired) electrons. The molecule has 0 spiro atoms. The molecule has 2 aromatic carbocycles. The molecule has 0 amide bonds. The summed E-state index contributed by atoms with van der Waals surface area (Å²) < 4.78 is 18.3. The molecule has 128 valence electrons. The van der Waals surface area contributed by atoms with Crippen molar-refractivity contribution < 1.29 is 18.8 Å². The third-order valence-electron chi connectivity index (χ3n) is 3.17. The van der Waals surface area contributed by atoms with Gasteiger partial charge in [0.25, 0.3) is 5.69 Å². The summed E-state index contributed by atoms with van der Waals surface area (Å²) >= 11 is 8.01. The van der Waals surface area contributed by atoms with Crippen LogP contribution < -0.4 is 0 Å². The van der Waals surface area contributed by atoms with Gasteiger partial charge in [0.05, 0.1) is 28.2 Å². The van der Waals surface area contributed by atoms with Crippen LogP contribution in [0.25, 0.3) is 11.1 Å². The molecule has 2 aromatic rings. The first-order valence-electron chi connectivity index (χ1n) is 6.54.